The van der Waals surface area contributed by atoms with Gasteiger partial charge in [-0.2, -0.15) is 0 Å². The van der Waals surface area contributed by atoms with Crippen LogP contribution in [0, 0.1) is 5.41 Å². The Labute approximate surface area is 68.8 Å². The van der Waals surface area contributed by atoms with E-state index in [1.54, 1.807) is 0 Å². The van der Waals surface area contributed by atoms with Crippen LogP contribution in [0.4, 0.5) is 0 Å². The summed E-state index contributed by atoms with van der Waals surface area (Å²) in [7, 11) is 0. The minimum absolute atomic E-state index is 0.134. The van der Waals surface area contributed by atoms with Crippen LogP contribution in [0.2, 0.25) is 0 Å². The molecular weight excluding hydrogens is 138 g/mol. The van der Waals surface area contributed by atoms with Gasteiger partial charge in [-0.15, -0.1) is 0 Å². The largest absolute Gasteiger partial charge is 0.390 e. The van der Waals surface area contributed by atoms with Gasteiger partial charge in [0.2, 0.25) is 0 Å². The third kappa shape index (κ3) is 1.30. The van der Waals surface area contributed by atoms with Crippen LogP contribution >= 0.6 is 0 Å². The van der Waals surface area contributed by atoms with Gasteiger partial charge in [-0.25, -0.2) is 0 Å². The highest BCUT2D eigenvalue weighted by atomic mass is 16.3. The summed E-state index contributed by atoms with van der Waals surface area (Å²) in [6.07, 6.45) is 2.98. The molecule has 2 heteroatoms. The van der Waals surface area contributed by atoms with Crippen LogP contribution < -0.4 is 5.73 Å². The highest BCUT2D eigenvalue weighted by Gasteiger charge is 2.45. The maximum absolute atomic E-state index is 9.99. The van der Waals surface area contributed by atoms with Crippen LogP contribution in [0.25, 0.3) is 0 Å². The topological polar surface area (TPSA) is 46.2 Å². The first-order valence-corrected chi connectivity index (χ1v) is 4.36. The Morgan fingerprint density at radius 2 is 1.91 bits per heavy atom. The lowest BCUT2D eigenvalue weighted by Crippen LogP contribution is -2.55. The molecule has 0 bridgehead atoms. The molecule has 0 aromatic carbocycles. The van der Waals surface area contributed by atoms with E-state index in [0.29, 0.717) is 0 Å². The van der Waals surface area contributed by atoms with Gasteiger partial charge in [0.05, 0.1) is 5.60 Å². The van der Waals surface area contributed by atoms with Gasteiger partial charge < -0.3 is 10.8 Å². The van der Waals surface area contributed by atoms with Crippen molar-refractivity contribution < 1.29 is 5.11 Å². The highest BCUT2D eigenvalue weighted by molar-refractivity contribution is 4.99. The molecule has 1 rings (SSSR count). The zero-order valence-electron chi connectivity index (χ0n) is 7.72. The predicted molar refractivity (Wildman–Crippen MR) is 46.2 cm³/mol. The molecule has 0 spiro atoms. The molecule has 0 radical (unpaired) electrons. The summed E-state index contributed by atoms with van der Waals surface area (Å²) in [5.41, 5.74) is 5.22. The SMILES string of the molecule is CC1(O)CCCC(N)C1(C)C. The molecule has 0 aliphatic heterocycles. The van der Waals surface area contributed by atoms with E-state index in [-0.39, 0.29) is 11.5 Å². The Bertz CT molecular complexity index is 152. The normalized spacial score (nSPS) is 43.9. The van der Waals surface area contributed by atoms with E-state index in [1.165, 1.54) is 0 Å². The van der Waals surface area contributed by atoms with Gasteiger partial charge in [-0.05, 0) is 26.2 Å². The molecule has 0 amide bonds. The second kappa shape index (κ2) is 2.46. The average molecular weight is 157 g/mol. The zero-order valence-corrected chi connectivity index (χ0v) is 7.72. The van der Waals surface area contributed by atoms with Gasteiger partial charge >= 0.3 is 0 Å². The number of hydrogen-bond acceptors (Lipinski definition) is 2. The smallest absolute Gasteiger partial charge is 0.0685 e. The lowest BCUT2D eigenvalue weighted by molar-refractivity contribution is -0.0914. The van der Waals surface area contributed by atoms with Gasteiger partial charge in [0, 0.05) is 11.5 Å². The molecular formula is C9H19NO. The van der Waals surface area contributed by atoms with Crippen LogP contribution in [0.3, 0.4) is 0 Å². The fraction of sp³-hybridized carbons (Fsp3) is 1.00. The maximum atomic E-state index is 9.99. The Hall–Kier alpha value is -0.0800. The minimum Gasteiger partial charge on any atom is -0.390 e. The number of nitrogens with two attached hydrogens (primary N) is 1. The summed E-state index contributed by atoms with van der Waals surface area (Å²) >= 11 is 0. The predicted octanol–water partition coefficient (Wildman–Crippen LogP) is 1.27. The van der Waals surface area contributed by atoms with E-state index in [9.17, 15) is 5.11 Å². The van der Waals surface area contributed by atoms with Gasteiger partial charge in [0.15, 0.2) is 0 Å². The Kier molecular flexibility index (Phi) is 2.01. The van der Waals surface area contributed by atoms with E-state index >= 15 is 0 Å². The zero-order chi connectivity index (χ0) is 8.70. The number of aliphatic hydroxyl groups is 1. The fourth-order valence-corrected chi connectivity index (χ4v) is 1.75. The molecule has 1 aliphatic rings. The fourth-order valence-electron chi connectivity index (χ4n) is 1.75. The molecule has 3 N–H and O–H groups in total. The molecule has 0 aromatic heterocycles. The standard InChI is InChI=1S/C9H19NO/c1-8(2)7(10)5-4-6-9(8,3)11/h7,11H,4-6,10H2,1-3H3. The Morgan fingerprint density at radius 3 is 2.27 bits per heavy atom. The maximum Gasteiger partial charge on any atom is 0.0685 e. The summed E-state index contributed by atoms with van der Waals surface area (Å²) in [6.45, 7) is 6.00. The summed E-state index contributed by atoms with van der Waals surface area (Å²) in [4.78, 5) is 0. The molecule has 0 aromatic rings. The van der Waals surface area contributed by atoms with Crippen molar-refractivity contribution in [1.82, 2.24) is 0 Å². The van der Waals surface area contributed by atoms with Gasteiger partial charge in [0.1, 0.15) is 0 Å². The van der Waals surface area contributed by atoms with E-state index in [4.69, 9.17) is 5.73 Å². The molecule has 66 valence electrons. The Morgan fingerprint density at radius 1 is 1.36 bits per heavy atom. The highest BCUT2D eigenvalue weighted by Crippen LogP contribution is 2.42. The van der Waals surface area contributed by atoms with Crippen molar-refractivity contribution >= 4 is 0 Å². The molecule has 2 atom stereocenters. The second-order valence-corrected chi connectivity index (χ2v) is 4.49. The van der Waals surface area contributed by atoms with Crippen LogP contribution in [0.5, 0.6) is 0 Å². The van der Waals surface area contributed by atoms with Crippen LogP contribution in [0.15, 0.2) is 0 Å². The van der Waals surface area contributed by atoms with Crippen molar-refractivity contribution in [3.63, 3.8) is 0 Å². The van der Waals surface area contributed by atoms with Crippen LogP contribution in [-0.4, -0.2) is 16.7 Å². The molecule has 1 saturated carbocycles. The minimum atomic E-state index is -0.579. The average Bonchev–Trinajstić information content (AvgIpc) is 1.84. The number of hydrogen-bond donors (Lipinski definition) is 2. The summed E-state index contributed by atoms with van der Waals surface area (Å²) in [5, 5.41) is 9.99. The van der Waals surface area contributed by atoms with Gasteiger partial charge in [0.25, 0.3) is 0 Å². The van der Waals surface area contributed by atoms with E-state index in [0.717, 1.165) is 19.3 Å². The molecule has 0 heterocycles. The van der Waals surface area contributed by atoms with Gasteiger partial charge in [-0.3, -0.25) is 0 Å². The second-order valence-electron chi connectivity index (χ2n) is 4.49. The summed E-state index contributed by atoms with van der Waals surface area (Å²) in [5.74, 6) is 0. The quantitative estimate of drug-likeness (QED) is 0.556. The molecule has 0 saturated heterocycles. The van der Waals surface area contributed by atoms with Crippen molar-refractivity contribution in [2.24, 2.45) is 11.1 Å². The third-order valence-electron chi connectivity index (χ3n) is 3.49. The molecule has 11 heavy (non-hydrogen) atoms. The van der Waals surface area contributed by atoms with Crippen molar-refractivity contribution in [2.45, 2.75) is 51.7 Å². The van der Waals surface area contributed by atoms with Gasteiger partial charge in [-0.1, -0.05) is 13.8 Å². The molecule has 1 aliphatic carbocycles. The Balaban J connectivity index is 2.82. The monoisotopic (exact) mass is 157 g/mol. The van der Waals surface area contributed by atoms with Crippen LogP contribution in [0.1, 0.15) is 40.0 Å². The van der Waals surface area contributed by atoms with E-state index in [1.807, 2.05) is 6.92 Å². The molecule has 1 fully saturated rings. The molecule has 2 nitrogen and oxygen atoms in total. The number of rotatable bonds is 0. The first-order valence-electron chi connectivity index (χ1n) is 4.36. The van der Waals surface area contributed by atoms with E-state index < -0.39 is 5.60 Å². The van der Waals surface area contributed by atoms with Crippen LogP contribution in [-0.2, 0) is 0 Å². The first kappa shape index (κ1) is 9.01. The van der Waals surface area contributed by atoms with Crippen molar-refractivity contribution in [3.8, 4) is 0 Å². The lowest BCUT2D eigenvalue weighted by atomic mass is 9.64. The van der Waals surface area contributed by atoms with Crippen molar-refractivity contribution in [3.05, 3.63) is 0 Å². The van der Waals surface area contributed by atoms with E-state index in [2.05, 4.69) is 13.8 Å². The van der Waals surface area contributed by atoms with Crippen molar-refractivity contribution in [2.75, 3.05) is 0 Å². The third-order valence-corrected chi connectivity index (χ3v) is 3.49. The van der Waals surface area contributed by atoms with Crippen molar-refractivity contribution in [1.29, 1.82) is 0 Å². The summed E-state index contributed by atoms with van der Waals surface area (Å²) in [6, 6.07) is 0.145. The molecule has 2 unspecified atom stereocenters. The first-order chi connectivity index (χ1) is 4.88. The lowest BCUT2D eigenvalue weighted by Gasteiger charge is -2.48. The summed E-state index contributed by atoms with van der Waals surface area (Å²) < 4.78 is 0.